The van der Waals surface area contributed by atoms with E-state index in [0.717, 1.165) is 45.2 Å². The number of rotatable bonds is 5. The summed E-state index contributed by atoms with van der Waals surface area (Å²) < 4.78 is 7.59. The molecule has 0 radical (unpaired) electrons. The number of H-pyrrole nitrogens is 1. The van der Waals surface area contributed by atoms with Crippen molar-refractivity contribution in [3.8, 4) is 5.75 Å². The topological polar surface area (TPSA) is 72.8 Å². The standard InChI is InChI=1S/C23H20N4O2/c1-2-11-29-21-13-24-15(12-20(21)28)14-27-19-10-6-3-7-16(19)22-23(27)26-18-9-5-4-8-17(18)25-22/h3-10,12-13H,2,11,14H2,1H3,(H,24,28). The first-order valence-electron chi connectivity index (χ1n) is 9.72. The number of nitrogens with one attached hydrogen (secondary N) is 1. The summed E-state index contributed by atoms with van der Waals surface area (Å²) in [5.74, 6) is 0.351. The predicted octanol–water partition coefficient (Wildman–Crippen LogP) is 4.26. The quantitative estimate of drug-likeness (QED) is 0.491. The summed E-state index contributed by atoms with van der Waals surface area (Å²) in [5, 5.41) is 1.05. The Kier molecular flexibility index (Phi) is 4.24. The van der Waals surface area contributed by atoms with Gasteiger partial charge in [-0.15, -0.1) is 0 Å². The second kappa shape index (κ2) is 7.05. The van der Waals surface area contributed by atoms with E-state index in [-0.39, 0.29) is 5.43 Å². The van der Waals surface area contributed by atoms with Crippen molar-refractivity contribution in [3.05, 3.63) is 76.7 Å². The molecule has 0 amide bonds. The van der Waals surface area contributed by atoms with Crippen molar-refractivity contribution in [2.75, 3.05) is 6.61 Å². The number of aromatic amines is 1. The molecule has 1 N–H and O–H groups in total. The maximum absolute atomic E-state index is 12.4. The Hall–Kier alpha value is -3.67. The fraction of sp³-hybridized carbons (Fsp3) is 0.174. The van der Waals surface area contributed by atoms with Crippen molar-refractivity contribution in [2.24, 2.45) is 0 Å². The van der Waals surface area contributed by atoms with E-state index in [1.54, 1.807) is 12.3 Å². The van der Waals surface area contributed by atoms with Crippen LogP contribution in [0.25, 0.3) is 33.1 Å². The van der Waals surface area contributed by atoms with Crippen molar-refractivity contribution in [1.82, 2.24) is 19.5 Å². The van der Waals surface area contributed by atoms with Crippen molar-refractivity contribution >= 4 is 33.1 Å². The molecule has 0 saturated carbocycles. The van der Waals surface area contributed by atoms with E-state index in [4.69, 9.17) is 14.7 Å². The molecule has 0 spiro atoms. The maximum atomic E-state index is 12.4. The molecular formula is C23H20N4O2. The lowest BCUT2D eigenvalue weighted by Crippen LogP contribution is -2.12. The van der Waals surface area contributed by atoms with E-state index in [0.29, 0.717) is 18.9 Å². The third-order valence-electron chi connectivity index (χ3n) is 4.98. The molecule has 5 aromatic rings. The maximum Gasteiger partial charge on any atom is 0.223 e. The van der Waals surface area contributed by atoms with Gasteiger partial charge in [0.25, 0.3) is 0 Å². The van der Waals surface area contributed by atoms with Gasteiger partial charge in [-0.05, 0) is 24.6 Å². The number of hydrogen-bond acceptors (Lipinski definition) is 4. The van der Waals surface area contributed by atoms with E-state index < -0.39 is 0 Å². The third kappa shape index (κ3) is 3.02. The van der Waals surface area contributed by atoms with Crippen LogP contribution in [0.2, 0.25) is 0 Å². The average molecular weight is 384 g/mol. The summed E-state index contributed by atoms with van der Waals surface area (Å²) in [4.78, 5) is 25.3. The molecule has 29 heavy (non-hydrogen) atoms. The molecule has 2 aromatic carbocycles. The molecule has 0 unspecified atom stereocenters. The number of aromatic nitrogens is 4. The Morgan fingerprint density at radius 3 is 2.59 bits per heavy atom. The van der Waals surface area contributed by atoms with Gasteiger partial charge in [0.2, 0.25) is 5.43 Å². The van der Waals surface area contributed by atoms with Crippen LogP contribution in [0, 0.1) is 0 Å². The highest BCUT2D eigenvalue weighted by Crippen LogP contribution is 2.28. The van der Waals surface area contributed by atoms with Gasteiger partial charge in [-0.3, -0.25) is 4.79 Å². The molecule has 6 nitrogen and oxygen atoms in total. The van der Waals surface area contributed by atoms with Gasteiger partial charge in [-0.25, -0.2) is 9.97 Å². The van der Waals surface area contributed by atoms with Gasteiger partial charge in [0.05, 0.1) is 29.7 Å². The van der Waals surface area contributed by atoms with E-state index in [1.807, 2.05) is 43.3 Å². The van der Waals surface area contributed by atoms with Gasteiger partial charge in [-0.1, -0.05) is 37.3 Å². The Bertz CT molecular complexity index is 1400. The van der Waals surface area contributed by atoms with Crippen LogP contribution in [-0.2, 0) is 6.54 Å². The average Bonchev–Trinajstić information content (AvgIpc) is 3.04. The minimum atomic E-state index is -0.121. The number of ether oxygens (including phenoxy) is 1. The summed E-state index contributed by atoms with van der Waals surface area (Å²) in [6, 6.07) is 17.6. The fourth-order valence-electron chi connectivity index (χ4n) is 3.63. The van der Waals surface area contributed by atoms with Crippen LogP contribution in [0.4, 0.5) is 0 Å². The number of nitrogens with zero attached hydrogens (tertiary/aromatic N) is 3. The van der Waals surface area contributed by atoms with Crippen molar-refractivity contribution in [2.45, 2.75) is 19.9 Å². The van der Waals surface area contributed by atoms with Gasteiger partial charge < -0.3 is 14.3 Å². The van der Waals surface area contributed by atoms with Crippen LogP contribution >= 0.6 is 0 Å². The van der Waals surface area contributed by atoms with Crippen molar-refractivity contribution < 1.29 is 4.74 Å². The molecule has 0 atom stereocenters. The van der Waals surface area contributed by atoms with E-state index >= 15 is 0 Å². The van der Waals surface area contributed by atoms with Crippen LogP contribution in [0.15, 0.2) is 65.6 Å². The summed E-state index contributed by atoms with van der Waals surface area (Å²) in [7, 11) is 0. The highest BCUT2D eigenvalue weighted by molar-refractivity contribution is 6.06. The fourth-order valence-corrected chi connectivity index (χ4v) is 3.63. The van der Waals surface area contributed by atoms with Crippen LogP contribution in [0.3, 0.4) is 0 Å². The smallest absolute Gasteiger partial charge is 0.223 e. The molecule has 0 aliphatic rings. The molecule has 0 saturated heterocycles. The molecule has 3 heterocycles. The van der Waals surface area contributed by atoms with Crippen LogP contribution in [-0.4, -0.2) is 26.1 Å². The molecule has 0 fully saturated rings. The first kappa shape index (κ1) is 17.4. The van der Waals surface area contributed by atoms with Crippen molar-refractivity contribution in [1.29, 1.82) is 0 Å². The zero-order valence-corrected chi connectivity index (χ0v) is 16.1. The van der Waals surface area contributed by atoms with Crippen LogP contribution in [0.5, 0.6) is 5.75 Å². The van der Waals surface area contributed by atoms with Gasteiger partial charge in [-0.2, -0.15) is 0 Å². The summed E-state index contributed by atoms with van der Waals surface area (Å²) in [6.07, 6.45) is 2.50. The van der Waals surface area contributed by atoms with Gasteiger partial charge in [0.15, 0.2) is 11.4 Å². The molecule has 6 heteroatoms. The van der Waals surface area contributed by atoms with Crippen molar-refractivity contribution in [3.63, 3.8) is 0 Å². The van der Waals surface area contributed by atoms with Gasteiger partial charge in [0.1, 0.15) is 5.52 Å². The first-order chi connectivity index (χ1) is 14.2. The first-order valence-corrected chi connectivity index (χ1v) is 9.72. The highest BCUT2D eigenvalue weighted by atomic mass is 16.5. The minimum Gasteiger partial charge on any atom is -0.488 e. The number of pyridine rings is 1. The number of hydrogen-bond donors (Lipinski definition) is 1. The van der Waals surface area contributed by atoms with Gasteiger partial charge >= 0.3 is 0 Å². The highest BCUT2D eigenvalue weighted by Gasteiger charge is 2.15. The molecule has 144 valence electrons. The lowest BCUT2D eigenvalue weighted by Gasteiger charge is -2.09. The molecule has 0 aliphatic carbocycles. The predicted molar refractivity (Wildman–Crippen MR) is 114 cm³/mol. The van der Waals surface area contributed by atoms with E-state index in [1.165, 1.54) is 0 Å². The second-order valence-electron chi connectivity index (χ2n) is 7.02. The largest absolute Gasteiger partial charge is 0.488 e. The molecule has 0 aliphatic heterocycles. The minimum absolute atomic E-state index is 0.121. The Balaban J connectivity index is 1.66. The van der Waals surface area contributed by atoms with Crippen LogP contribution < -0.4 is 10.2 Å². The normalized spacial score (nSPS) is 11.5. The zero-order valence-electron chi connectivity index (χ0n) is 16.1. The number of fused-ring (bicyclic) bond motifs is 4. The lowest BCUT2D eigenvalue weighted by atomic mass is 10.2. The number of benzene rings is 2. The Morgan fingerprint density at radius 1 is 1.03 bits per heavy atom. The summed E-state index contributed by atoms with van der Waals surface area (Å²) in [5.41, 5.74) is 5.09. The summed E-state index contributed by atoms with van der Waals surface area (Å²) in [6.45, 7) is 3.02. The second-order valence-corrected chi connectivity index (χ2v) is 7.02. The van der Waals surface area contributed by atoms with E-state index in [2.05, 4.69) is 21.7 Å². The van der Waals surface area contributed by atoms with Gasteiger partial charge in [0, 0.05) is 23.3 Å². The Morgan fingerprint density at radius 2 is 1.79 bits per heavy atom. The molecule has 0 bridgehead atoms. The monoisotopic (exact) mass is 384 g/mol. The molecular weight excluding hydrogens is 364 g/mol. The lowest BCUT2D eigenvalue weighted by molar-refractivity contribution is 0.313. The molecule has 5 rings (SSSR count). The third-order valence-corrected chi connectivity index (χ3v) is 4.98. The molecule has 3 aromatic heterocycles. The Labute approximate surface area is 166 Å². The van der Waals surface area contributed by atoms with Crippen LogP contribution in [0.1, 0.15) is 19.0 Å². The zero-order chi connectivity index (χ0) is 19.8. The number of para-hydroxylation sites is 3. The van der Waals surface area contributed by atoms with E-state index in [9.17, 15) is 4.79 Å². The summed E-state index contributed by atoms with van der Waals surface area (Å²) >= 11 is 0. The SMILES string of the molecule is CCCOc1c[nH]c(Cn2c3ccccc3c3nc4ccccc4nc32)cc1=O.